The first kappa shape index (κ1) is 18.9. The van der Waals surface area contributed by atoms with Gasteiger partial charge < -0.3 is 14.8 Å². The zero-order valence-electron chi connectivity index (χ0n) is 17.3. The molecule has 29 heavy (non-hydrogen) atoms. The number of rotatable bonds is 4. The molecule has 2 bridgehead atoms. The van der Waals surface area contributed by atoms with Crippen molar-refractivity contribution in [2.45, 2.75) is 76.0 Å². The topological polar surface area (TPSA) is 54.3 Å². The van der Waals surface area contributed by atoms with Crippen LogP contribution < -0.4 is 10.7 Å². The Labute approximate surface area is 172 Å². The summed E-state index contributed by atoms with van der Waals surface area (Å²) in [7, 11) is 2.20. The number of fused-ring (bicyclic) bond motifs is 3. The van der Waals surface area contributed by atoms with Gasteiger partial charge in [-0.3, -0.25) is 9.59 Å². The molecule has 5 heteroatoms. The Morgan fingerprint density at radius 3 is 2.48 bits per heavy atom. The van der Waals surface area contributed by atoms with Gasteiger partial charge in [-0.25, -0.2) is 0 Å². The van der Waals surface area contributed by atoms with E-state index in [0.29, 0.717) is 29.0 Å². The van der Waals surface area contributed by atoms with Crippen LogP contribution in [0.5, 0.6) is 0 Å². The van der Waals surface area contributed by atoms with Crippen molar-refractivity contribution in [1.82, 2.24) is 14.8 Å². The normalized spacial score (nSPS) is 27.6. The van der Waals surface area contributed by atoms with Crippen molar-refractivity contribution in [2.75, 3.05) is 7.05 Å². The van der Waals surface area contributed by atoms with E-state index < -0.39 is 0 Å². The lowest BCUT2D eigenvalue weighted by Crippen LogP contribution is -2.49. The molecule has 3 heterocycles. The Bertz CT molecular complexity index is 962. The van der Waals surface area contributed by atoms with E-state index in [4.69, 9.17) is 0 Å². The summed E-state index contributed by atoms with van der Waals surface area (Å²) in [6.45, 7) is 0.888. The van der Waals surface area contributed by atoms with Crippen LogP contribution >= 0.6 is 0 Å². The Morgan fingerprint density at radius 1 is 1.07 bits per heavy atom. The summed E-state index contributed by atoms with van der Waals surface area (Å²) in [4.78, 5) is 28.7. The molecule has 3 atom stereocenters. The predicted molar refractivity (Wildman–Crippen MR) is 115 cm³/mol. The maximum absolute atomic E-state index is 13.1. The van der Waals surface area contributed by atoms with Gasteiger partial charge >= 0.3 is 0 Å². The maximum atomic E-state index is 13.1. The number of piperidine rings is 1. The molecule has 0 radical (unpaired) electrons. The van der Waals surface area contributed by atoms with Gasteiger partial charge in [-0.05, 0) is 63.6 Å². The third kappa shape index (κ3) is 3.50. The van der Waals surface area contributed by atoms with Crippen LogP contribution in [0.1, 0.15) is 61.7 Å². The monoisotopic (exact) mass is 393 g/mol. The second-order valence-electron chi connectivity index (χ2n) is 9.38. The fourth-order valence-electron chi connectivity index (χ4n) is 5.92. The quantitative estimate of drug-likeness (QED) is 0.864. The van der Waals surface area contributed by atoms with Gasteiger partial charge in [0.05, 0.1) is 5.52 Å². The van der Waals surface area contributed by atoms with Crippen LogP contribution in [0.2, 0.25) is 0 Å². The highest BCUT2D eigenvalue weighted by molar-refractivity contribution is 5.97. The molecule has 5 nitrogen and oxygen atoms in total. The summed E-state index contributed by atoms with van der Waals surface area (Å²) in [5.74, 6) is 0.441. The fourth-order valence-corrected chi connectivity index (χ4v) is 5.92. The molecule has 1 aliphatic carbocycles. The average molecular weight is 394 g/mol. The number of amides is 1. The number of hydrogen-bond donors (Lipinski definition) is 1. The molecule has 1 unspecified atom stereocenters. The number of nitrogens with one attached hydrogen (secondary N) is 1. The van der Waals surface area contributed by atoms with Gasteiger partial charge in [-0.15, -0.1) is 0 Å². The first-order chi connectivity index (χ1) is 14.1. The number of hydrogen-bond acceptors (Lipinski definition) is 3. The SMILES string of the molecule is CN1C2CC[C@@H]1C[C@H](NC(=O)c1cn(CC3CCCC3)c3ccccc3c1=O)C2. The molecule has 2 aliphatic heterocycles. The minimum Gasteiger partial charge on any atom is -0.349 e. The van der Waals surface area contributed by atoms with E-state index in [-0.39, 0.29) is 17.4 Å². The third-order valence-electron chi connectivity index (χ3n) is 7.60. The standard InChI is InChI=1S/C24H31N3O2/c1-26-18-10-11-19(26)13-17(12-18)25-24(29)21-15-27(14-16-6-2-3-7-16)22-9-5-4-8-20(22)23(21)28/h4-5,8-9,15-19H,2-3,6-7,10-14H2,1H3,(H,25,29)/t17-,18+,19?/m0/s1. The molecule has 1 aromatic carbocycles. The van der Waals surface area contributed by atoms with Gasteiger partial charge in [-0.1, -0.05) is 25.0 Å². The van der Waals surface area contributed by atoms with Crippen LogP contribution in [-0.4, -0.2) is 40.5 Å². The number of aromatic nitrogens is 1. The minimum absolute atomic E-state index is 0.142. The fraction of sp³-hybridized carbons (Fsp3) is 0.583. The molecule has 1 amide bonds. The van der Waals surface area contributed by atoms with Crippen LogP contribution in [0, 0.1) is 5.92 Å². The highest BCUT2D eigenvalue weighted by Gasteiger charge is 2.39. The number of para-hydroxylation sites is 1. The lowest BCUT2D eigenvalue weighted by atomic mass is 9.97. The lowest BCUT2D eigenvalue weighted by Gasteiger charge is -2.36. The van der Waals surface area contributed by atoms with Gasteiger partial charge in [-0.2, -0.15) is 0 Å². The Kier molecular flexibility index (Phi) is 4.94. The van der Waals surface area contributed by atoms with E-state index in [2.05, 4.69) is 21.8 Å². The second-order valence-corrected chi connectivity index (χ2v) is 9.38. The highest BCUT2D eigenvalue weighted by atomic mass is 16.2. The van der Waals surface area contributed by atoms with E-state index in [1.54, 1.807) is 0 Å². The van der Waals surface area contributed by atoms with E-state index in [1.807, 2.05) is 30.5 Å². The molecular weight excluding hydrogens is 362 g/mol. The van der Waals surface area contributed by atoms with Crippen LogP contribution in [0.25, 0.3) is 10.9 Å². The van der Waals surface area contributed by atoms with Crippen LogP contribution in [-0.2, 0) is 6.54 Å². The van der Waals surface area contributed by atoms with Gasteiger partial charge in [0.15, 0.2) is 0 Å². The number of pyridine rings is 1. The van der Waals surface area contributed by atoms with Gasteiger partial charge in [0.1, 0.15) is 5.56 Å². The number of benzene rings is 1. The highest BCUT2D eigenvalue weighted by Crippen LogP contribution is 2.34. The number of nitrogens with zero attached hydrogens (tertiary/aromatic N) is 2. The summed E-state index contributed by atoms with van der Waals surface area (Å²) < 4.78 is 2.15. The maximum Gasteiger partial charge on any atom is 0.256 e. The Hall–Kier alpha value is -2.14. The van der Waals surface area contributed by atoms with Gasteiger partial charge in [0.2, 0.25) is 5.43 Å². The second kappa shape index (κ2) is 7.60. The number of carbonyl (C=O) groups is 1. The van der Waals surface area contributed by atoms with Crippen molar-refractivity contribution in [3.05, 3.63) is 46.2 Å². The average Bonchev–Trinajstić information content (AvgIpc) is 3.29. The third-order valence-corrected chi connectivity index (χ3v) is 7.60. The summed E-state index contributed by atoms with van der Waals surface area (Å²) in [5.41, 5.74) is 1.10. The zero-order chi connectivity index (χ0) is 20.0. The van der Waals surface area contributed by atoms with E-state index in [0.717, 1.165) is 24.9 Å². The van der Waals surface area contributed by atoms with Crippen LogP contribution in [0.3, 0.4) is 0 Å². The lowest BCUT2D eigenvalue weighted by molar-refractivity contribution is 0.0881. The van der Waals surface area contributed by atoms with Gasteiger partial charge in [0, 0.05) is 36.3 Å². The first-order valence-electron chi connectivity index (χ1n) is 11.2. The van der Waals surface area contributed by atoms with Crippen molar-refractivity contribution < 1.29 is 4.79 Å². The summed E-state index contributed by atoms with van der Waals surface area (Å²) in [5, 5.41) is 3.86. The molecule has 0 spiro atoms. The van der Waals surface area contributed by atoms with Gasteiger partial charge in [0.25, 0.3) is 5.91 Å². The van der Waals surface area contributed by atoms with Crippen molar-refractivity contribution in [2.24, 2.45) is 5.92 Å². The molecule has 1 saturated carbocycles. The van der Waals surface area contributed by atoms with E-state index >= 15 is 0 Å². The van der Waals surface area contributed by atoms with Crippen molar-refractivity contribution >= 4 is 16.8 Å². The zero-order valence-corrected chi connectivity index (χ0v) is 17.3. The number of carbonyl (C=O) groups excluding carboxylic acids is 1. The molecule has 1 aromatic heterocycles. The Balaban J connectivity index is 1.43. The molecule has 2 saturated heterocycles. The molecule has 1 N–H and O–H groups in total. The van der Waals surface area contributed by atoms with Crippen LogP contribution in [0.15, 0.2) is 35.3 Å². The molecule has 2 aromatic rings. The van der Waals surface area contributed by atoms with Crippen molar-refractivity contribution in [3.8, 4) is 0 Å². The van der Waals surface area contributed by atoms with E-state index in [1.165, 1.54) is 38.5 Å². The summed E-state index contributed by atoms with van der Waals surface area (Å²) in [6, 6.07) is 9.02. The minimum atomic E-state index is -0.199. The predicted octanol–water partition coefficient (Wildman–Crippen LogP) is 3.55. The summed E-state index contributed by atoms with van der Waals surface area (Å²) >= 11 is 0. The molecular formula is C24H31N3O2. The van der Waals surface area contributed by atoms with Crippen molar-refractivity contribution in [1.29, 1.82) is 0 Å². The Morgan fingerprint density at radius 2 is 1.76 bits per heavy atom. The smallest absolute Gasteiger partial charge is 0.256 e. The first-order valence-corrected chi connectivity index (χ1v) is 11.2. The largest absolute Gasteiger partial charge is 0.349 e. The molecule has 3 aliphatic rings. The molecule has 3 fully saturated rings. The summed E-state index contributed by atoms with van der Waals surface area (Å²) in [6.07, 6.45) is 11.3. The molecule has 154 valence electrons. The molecule has 5 rings (SSSR count). The van der Waals surface area contributed by atoms with Crippen molar-refractivity contribution in [3.63, 3.8) is 0 Å². The van der Waals surface area contributed by atoms with Crippen LogP contribution in [0.4, 0.5) is 0 Å². The van der Waals surface area contributed by atoms with E-state index in [9.17, 15) is 9.59 Å².